The summed E-state index contributed by atoms with van der Waals surface area (Å²) in [5, 5.41) is 2.74. The summed E-state index contributed by atoms with van der Waals surface area (Å²) in [7, 11) is 0. The molecule has 2 N–H and O–H groups in total. The van der Waals surface area contributed by atoms with Crippen molar-refractivity contribution in [3.05, 3.63) is 52.1 Å². The monoisotopic (exact) mass is 496 g/mol. The summed E-state index contributed by atoms with van der Waals surface area (Å²) in [6, 6.07) is 3.37. The highest BCUT2D eigenvalue weighted by atomic mass is 19.1. The number of aromatic amines is 1. The Morgan fingerprint density at radius 3 is 2.64 bits per heavy atom. The van der Waals surface area contributed by atoms with Gasteiger partial charge in [-0.15, -0.1) is 0 Å². The molecule has 2 saturated heterocycles. The number of carbonyl (C=O) groups excluding carboxylic acids is 4. The predicted molar refractivity (Wildman–Crippen MR) is 128 cm³/mol. The van der Waals surface area contributed by atoms with Crippen LogP contribution in [0.25, 0.3) is 0 Å². The second kappa shape index (κ2) is 9.50. The number of nitrogens with one attached hydrogen (secondary N) is 2. The third-order valence-electron chi connectivity index (χ3n) is 7.39. The molecule has 0 unspecified atom stereocenters. The van der Waals surface area contributed by atoms with E-state index in [4.69, 9.17) is 4.74 Å². The Labute approximate surface area is 208 Å². The molecule has 4 heterocycles. The van der Waals surface area contributed by atoms with Crippen molar-refractivity contribution in [1.82, 2.24) is 15.2 Å². The molecule has 1 aromatic heterocycles. The van der Waals surface area contributed by atoms with Gasteiger partial charge in [0.1, 0.15) is 11.9 Å². The second-order valence-corrected chi connectivity index (χ2v) is 9.79. The molecule has 3 aliphatic rings. The van der Waals surface area contributed by atoms with Crippen LogP contribution in [0.15, 0.2) is 18.2 Å². The number of rotatable bonds is 6. The molecule has 3 aliphatic heterocycles. The standard InChI is InChI=1S/C26H29FN4O5/c1-14-20(13-30-21-4-3-18(27)9-17(21)10-22(30)32)28-15(2)24(14)25(34)29-19-11-23(33)31(26(19)35)12-16-5-7-36-8-6-16/h3-4,9,16,19,28H,5-8,10-13H2,1-2H3,(H,29,34)/t19-/m0/s1. The molecule has 190 valence electrons. The average Bonchev–Trinajstić information content (AvgIpc) is 3.40. The predicted octanol–water partition coefficient (Wildman–Crippen LogP) is 2.14. The summed E-state index contributed by atoms with van der Waals surface area (Å²) in [5.41, 5.74) is 3.61. The molecular weight excluding hydrogens is 467 g/mol. The number of ether oxygens (including phenoxy) is 1. The van der Waals surface area contributed by atoms with E-state index >= 15 is 0 Å². The van der Waals surface area contributed by atoms with Crippen LogP contribution in [0, 0.1) is 25.6 Å². The van der Waals surface area contributed by atoms with E-state index in [2.05, 4.69) is 10.3 Å². The molecule has 9 nitrogen and oxygen atoms in total. The van der Waals surface area contributed by atoms with Gasteiger partial charge in [-0.25, -0.2) is 4.39 Å². The highest BCUT2D eigenvalue weighted by Gasteiger charge is 2.41. The first kappa shape index (κ1) is 24.2. The fourth-order valence-electron chi connectivity index (χ4n) is 5.40. The second-order valence-electron chi connectivity index (χ2n) is 9.79. The SMILES string of the molecule is Cc1[nH]c(CN2C(=O)Cc3cc(F)ccc32)c(C)c1C(=O)N[C@H]1CC(=O)N(CC2CCOCC2)C1=O. The molecule has 2 aromatic rings. The lowest BCUT2D eigenvalue weighted by Gasteiger charge is -2.26. The molecule has 5 rings (SSSR count). The first-order chi connectivity index (χ1) is 17.2. The molecule has 0 spiro atoms. The maximum absolute atomic E-state index is 13.6. The van der Waals surface area contributed by atoms with Gasteiger partial charge in [0, 0.05) is 36.8 Å². The fourth-order valence-corrected chi connectivity index (χ4v) is 5.40. The van der Waals surface area contributed by atoms with Gasteiger partial charge in [0.15, 0.2) is 0 Å². The summed E-state index contributed by atoms with van der Waals surface area (Å²) >= 11 is 0. The van der Waals surface area contributed by atoms with Crippen molar-refractivity contribution in [1.29, 1.82) is 0 Å². The van der Waals surface area contributed by atoms with Crippen molar-refractivity contribution in [2.24, 2.45) is 5.92 Å². The van der Waals surface area contributed by atoms with E-state index < -0.39 is 11.9 Å². The van der Waals surface area contributed by atoms with E-state index in [-0.39, 0.29) is 48.8 Å². The van der Waals surface area contributed by atoms with Gasteiger partial charge in [-0.1, -0.05) is 0 Å². The molecule has 0 radical (unpaired) electrons. The lowest BCUT2D eigenvalue weighted by molar-refractivity contribution is -0.140. The van der Waals surface area contributed by atoms with Crippen LogP contribution in [0.1, 0.15) is 52.1 Å². The Morgan fingerprint density at radius 2 is 1.89 bits per heavy atom. The summed E-state index contributed by atoms with van der Waals surface area (Å²) in [6.07, 6.45) is 1.68. The molecule has 0 aliphatic carbocycles. The van der Waals surface area contributed by atoms with Gasteiger partial charge in [-0.2, -0.15) is 0 Å². The van der Waals surface area contributed by atoms with Crippen molar-refractivity contribution >= 4 is 29.3 Å². The van der Waals surface area contributed by atoms with Gasteiger partial charge in [0.2, 0.25) is 11.8 Å². The number of nitrogens with zero attached hydrogens (tertiary/aromatic N) is 2. The number of carbonyl (C=O) groups is 4. The Hall–Kier alpha value is -3.53. The summed E-state index contributed by atoms with van der Waals surface area (Å²) in [4.78, 5) is 57.2. The number of halogens is 1. The molecular formula is C26H29FN4O5. The highest BCUT2D eigenvalue weighted by molar-refractivity contribution is 6.08. The van der Waals surface area contributed by atoms with Crippen LogP contribution in [-0.2, 0) is 32.1 Å². The third-order valence-corrected chi connectivity index (χ3v) is 7.39. The molecule has 36 heavy (non-hydrogen) atoms. The average molecular weight is 497 g/mol. The van der Waals surface area contributed by atoms with Gasteiger partial charge in [0.25, 0.3) is 11.8 Å². The van der Waals surface area contributed by atoms with Crippen LogP contribution in [0.4, 0.5) is 10.1 Å². The number of amides is 4. The van der Waals surface area contributed by atoms with Crippen molar-refractivity contribution in [2.75, 3.05) is 24.7 Å². The number of aromatic nitrogens is 1. The van der Waals surface area contributed by atoms with Crippen LogP contribution < -0.4 is 10.2 Å². The van der Waals surface area contributed by atoms with Crippen LogP contribution in [-0.4, -0.2) is 59.3 Å². The van der Waals surface area contributed by atoms with E-state index in [1.807, 2.05) is 0 Å². The maximum Gasteiger partial charge on any atom is 0.254 e. The van der Waals surface area contributed by atoms with Crippen LogP contribution in [0.5, 0.6) is 0 Å². The maximum atomic E-state index is 13.6. The molecule has 0 bridgehead atoms. The fraction of sp³-hybridized carbons (Fsp3) is 0.462. The highest BCUT2D eigenvalue weighted by Crippen LogP contribution is 2.32. The summed E-state index contributed by atoms with van der Waals surface area (Å²) < 4.78 is 18.9. The molecule has 4 amide bonds. The van der Waals surface area contributed by atoms with Gasteiger partial charge < -0.3 is 19.9 Å². The Bertz CT molecular complexity index is 1250. The van der Waals surface area contributed by atoms with Crippen LogP contribution in [0.3, 0.4) is 0 Å². The Balaban J connectivity index is 1.28. The molecule has 1 aromatic carbocycles. The van der Waals surface area contributed by atoms with Crippen molar-refractivity contribution in [3.8, 4) is 0 Å². The first-order valence-electron chi connectivity index (χ1n) is 12.2. The van der Waals surface area contributed by atoms with Gasteiger partial charge >= 0.3 is 0 Å². The summed E-state index contributed by atoms with van der Waals surface area (Å²) in [6.45, 7) is 5.34. The van der Waals surface area contributed by atoms with Crippen molar-refractivity contribution in [3.63, 3.8) is 0 Å². The van der Waals surface area contributed by atoms with E-state index in [9.17, 15) is 23.6 Å². The minimum atomic E-state index is -0.899. The van der Waals surface area contributed by atoms with E-state index in [1.54, 1.807) is 24.8 Å². The minimum Gasteiger partial charge on any atom is -0.381 e. The zero-order valence-electron chi connectivity index (χ0n) is 20.4. The van der Waals surface area contributed by atoms with Gasteiger partial charge in [-0.3, -0.25) is 24.1 Å². The quantitative estimate of drug-likeness (QED) is 0.596. The lowest BCUT2D eigenvalue weighted by Crippen LogP contribution is -2.43. The number of hydrogen-bond acceptors (Lipinski definition) is 5. The molecule has 1 atom stereocenters. The van der Waals surface area contributed by atoms with Crippen LogP contribution >= 0.6 is 0 Å². The number of fused-ring (bicyclic) bond motifs is 1. The van der Waals surface area contributed by atoms with Gasteiger partial charge in [-0.05, 0) is 61.9 Å². The number of hydrogen-bond donors (Lipinski definition) is 2. The Morgan fingerprint density at radius 1 is 1.14 bits per heavy atom. The first-order valence-corrected chi connectivity index (χ1v) is 12.2. The zero-order chi connectivity index (χ0) is 25.6. The van der Waals surface area contributed by atoms with Gasteiger partial charge in [0.05, 0.1) is 24.9 Å². The van der Waals surface area contributed by atoms with E-state index in [0.717, 1.165) is 12.8 Å². The minimum absolute atomic E-state index is 0.0568. The van der Waals surface area contributed by atoms with Crippen molar-refractivity contribution < 1.29 is 28.3 Å². The number of likely N-dealkylation sites (tertiary alicyclic amines) is 1. The number of H-pyrrole nitrogens is 1. The zero-order valence-corrected chi connectivity index (χ0v) is 20.4. The van der Waals surface area contributed by atoms with E-state index in [1.165, 1.54) is 17.0 Å². The largest absolute Gasteiger partial charge is 0.381 e. The van der Waals surface area contributed by atoms with E-state index in [0.29, 0.717) is 53.5 Å². The normalized spacial score (nSPS) is 20.4. The number of aryl methyl sites for hydroxylation is 1. The molecule has 2 fully saturated rings. The summed E-state index contributed by atoms with van der Waals surface area (Å²) in [5.74, 6) is -1.41. The Kier molecular flexibility index (Phi) is 6.38. The van der Waals surface area contributed by atoms with Crippen LogP contribution in [0.2, 0.25) is 0 Å². The topological polar surface area (TPSA) is 112 Å². The number of anilines is 1. The third kappa shape index (κ3) is 4.41. The van der Waals surface area contributed by atoms with Crippen molar-refractivity contribution in [2.45, 2.75) is 52.1 Å². The smallest absolute Gasteiger partial charge is 0.254 e. The number of imide groups is 1. The lowest BCUT2D eigenvalue weighted by atomic mass is 10.00. The number of benzene rings is 1. The molecule has 10 heteroatoms. The molecule has 0 saturated carbocycles.